The molecule has 0 spiro atoms. The number of aromatic nitrogens is 2. The molecule has 2 rings (SSSR count). The molecule has 0 saturated carbocycles. The SMILES string of the molecule is Cn1ccc(C(=O)N2CCO[C@@](C)(C(N)=O)C2)n1. The fourth-order valence-corrected chi connectivity index (χ4v) is 1.88. The largest absolute Gasteiger partial charge is 0.367 e. The number of primary amides is 1. The summed E-state index contributed by atoms with van der Waals surface area (Å²) in [4.78, 5) is 25.0. The van der Waals surface area contributed by atoms with E-state index in [1.54, 1.807) is 30.9 Å². The third kappa shape index (κ3) is 2.21. The molecule has 2 heterocycles. The molecule has 18 heavy (non-hydrogen) atoms. The van der Waals surface area contributed by atoms with Gasteiger partial charge < -0.3 is 15.4 Å². The van der Waals surface area contributed by atoms with E-state index in [1.165, 1.54) is 4.90 Å². The average molecular weight is 252 g/mol. The first-order valence-corrected chi connectivity index (χ1v) is 5.65. The Labute approximate surface area is 104 Å². The van der Waals surface area contributed by atoms with Gasteiger partial charge in [-0.05, 0) is 13.0 Å². The Kier molecular flexibility index (Phi) is 3.08. The van der Waals surface area contributed by atoms with E-state index in [0.717, 1.165) is 0 Å². The Balaban J connectivity index is 2.14. The van der Waals surface area contributed by atoms with Crippen LogP contribution < -0.4 is 5.73 Å². The highest BCUT2D eigenvalue weighted by Gasteiger charge is 2.39. The first kappa shape index (κ1) is 12.6. The summed E-state index contributed by atoms with van der Waals surface area (Å²) in [6, 6.07) is 1.64. The number of aryl methyl sites for hydroxylation is 1. The van der Waals surface area contributed by atoms with Gasteiger partial charge >= 0.3 is 0 Å². The minimum Gasteiger partial charge on any atom is -0.367 e. The summed E-state index contributed by atoms with van der Waals surface area (Å²) >= 11 is 0. The van der Waals surface area contributed by atoms with Gasteiger partial charge in [-0.25, -0.2) is 0 Å². The van der Waals surface area contributed by atoms with E-state index in [2.05, 4.69) is 5.10 Å². The molecule has 1 aliphatic rings. The zero-order valence-corrected chi connectivity index (χ0v) is 10.4. The molecule has 0 aliphatic carbocycles. The van der Waals surface area contributed by atoms with E-state index < -0.39 is 11.5 Å². The smallest absolute Gasteiger partial charge is 0.274 e. The van der Waals surface area contributed by atoms with Gasteiger partial charge in [0, 0.05) is 19.8 Å². The fraction of sp³-hybridized carbons (Fsp3) is 0.545. The van der Waals surface area contributed by atoms with Crippen LogP contribution in [0.3, 0.4) is 0 Å². The summed E-state index contributed by atoms with van der Waals surface area (Å²) in [5.41, 5.74) is 4.52. The third-order valence-corrected chi connectivity index (χ3v) is 3.02. The Bertz CT molecular complexity index is 484. The molecule has 1 aromatic rings. The lowest BCUT2D eigenvalue weighted by atomic mass is 10.0. The maximum Gasteiger partial charge on any atom is 0.274 e. The van der Waals surface area contributed by atoms with E-state index in [1.807, 2.05) is 0 Å². The third-order valence-electron chi connectivity index (χ3n) is 3.02. The molecule has 1 aliphatic heterocycles. The standard InChI is InChI=1S/C11H16N4O3/c1-11(10(12)17)7-15(5-6-18-11)9(16)8-3-4-14(2)13-8/h3-4H,5-7H2,1-2H3,(H2,12,17)/t11-/m1/s1. The van der Waals surface area contributed by atoms with Crippen molar-refractivity contribution in [3.8, 4) is 0 Å². The lowest BCUT2D eigenvalue weighted by Gasteiger charge is -2.37. The molecule has 2 N–H and O–H groups in total. The highest BCUT2D eigenvalue weighted by molar-refractivity contribution is 5.93. The van der Waals surface area contributed by atoms with Gasteiger partial charge in [-0.2, -0.15) is 5.10 Å². The summed E-state index contributed by atoms with van der Waals surface area (Å²) in [7, 11) is 1.74. The second kappa shape index (κ2) is 4.41. The second-order valence-electron chi connectivity index (χ2n) is 4.54. The Morgan fingerprint density at radius 2 is 2.28 bits per heavy atom. The van der Waals surface area contributed by atoms with Gasteiger partial charge in [-0.3, -0.25) is 14.3 Å². The van der Waals surface area contributed by atoms with Crippen molar-refractivity contribution in [2.75, 3.05) is 19.7 Å². The predicted octanol–water partition coefficient (Wildman–Crippen LogP) is -0.863. The summed E-state index contributed by atoms with van der Waals surface area (Å²) in [6.45, 7) is 2.46. The van der Waals surface area contributed by atoms with Gasteiger partial charge in [0.2, 0.25) is 0 Å². The number of carbonyl (C=O) groups excluding carboxylic acids is 2. The lowest BCUT2D eigenvalue weighted by molar-refractivity contribution is -0.150. The quantitative estimate of drug-likeness (QED) is 0.741. The maximum absolute atomic E-state index is 12.2. The van der Waals surface area contributed by atoms with Crippen molar-refractivity contribution < 1.29 is 14.3 Å². The van der Waals surface area contributed by atoms with Crippen molar-refractivity contribution in [1.82, 2.24) is 14.7 Å². The number of rotatable bonds is 2. The van der Waals surface area contributed by atoms with Gasteiger partial charge in [-0.15, -0.1) is 0 Å². The van der Waals surface area contributed by atoms with Crippen LogP contribution in [0.5, 0.6) is 0 Å². The molecule has 0 unspecified atom stereocenters. The van der Waals surface area contributed by atoms with Crippen molar-refractivity contribution in [2.45, 2.75) is 12.5 Å². The highest BCUT2D eigenvalue weighted by Crippen LogP contribution is 2.18. The molecule has 2 amide bonds. The molecule has 1 fully saturated rings. The summed E-state index contributed by atoms with van der Waals surface area (Å²) in [6.07, 6.45) is 1.70. The number of amides is 2. The number of carbonyl (C=O) groups is 2. The average Bonchev–Trinajstić information content (AvgIpc) is 2.75. The number of nitrogens with zero attached hydrogens (tertiary/aromatic N) is 3. The molecule has 1 atom stereocenters. The molecule has 7 heteroatoms. The lowest BCUT2D eigenvalue weighted by Crippen LogP contribution is -2.58. The normalized spacial score (nSPS) is 24.0. The van der Waals surface area contributed by atoms with Crippen LogP contribution in [0.1, 0.15) is 17.4 Å². The minimum absolute atomic E-state index is 0.151. The first-order valence-electron chi connectivity index (χ1n) is 5.65. The molecular weight excluding hydrogens is 236 g/mol. The van der Waals surface area contributed by atoms with Gasteiger partial charge in [-0.1, -0.05) is 0 Å². The zero-order chi connectivity index (χ0) is 13.3. The van der Waals surface area contributed by atoms with Crippen LogP contribution >= 0.6 is 0 Å². The van der Waals surface area contributed by atoms with Crippen molar-refractivity contribution in [1.29, 1.82) is 0 Å². The van der Waals surface area contributed by atoms with Gasteiger partial charge in [0.25, 0.3) is 11.8 Å². The van der Waals surface area contributed by atoms with E-state index >= 15 is 0 Å². The van der Waals surface area contributed by atoms with Crippen LogP contribution in [0.15, 0.2) is 12.3 Å². The monoisotopic (exact) mass is 252 g/mol. The Morgan fingerprint density at radius 3 is 2.83 bits per heavy atom. The van der Waals surface area contributed by atoms with Gasteiger partial charge in [0.15, 0.2) is 5.60 Å². The molecule has 98 valence electrons. The molecule has 0 aromatic carbocycles. The molecular formula is C11H16N4O3. The number of hydrogen-bond donors (Lipinski definition) is 1. The Hall–Kier alpha value is -1.89. The van der Waals surface area contributed by atoms with Crippen molar-refractivity contribution in [3.63, 3.8) is 0 Å². The molecule has 1 aromatic heterocycles. The number of nitrogens with two attached hydrogens (primary N) is 1. The van der Waals surface area contributed by atoms with Gasteiger partial charge in [0.1, 0.15) is 5.69 Å². The van der Waals surface area contributed by atoms with Crippen LogP contribution in [-0.2, 0) is 16.6 Å². The van der Waals surface area contributed by atoms with Crippen molar-refractivity contribution in [3.05, 3.63) is 18.0 Å². The van der Waals surface area contributed by atoms with E-state index in [4.69, 9.17) is 10.5 Å². The fourth-order valence-electron chi connectivity index (χ4n) is 1.88. The first-order chi connectivity index (χ1) is 8.42. The second-order valence-corrected chi connectivity index (χ2v) is 4.54. The maximum atomic E-state index is 12.2. The van der Waals surface area contributed by atoms with Crippen LogP contribution in [0.4, 0.5) is 0 Å². The van der Waals surface area contributed by atoms with E-state index in [0.29, 0.717) is 12.2 Å². The minimum atomic E-state index is -1.12. The molecule has 7 nitrogen and oxygen atoms in total. The van der Waals surface area contributed by atoms with Crippen LogP contribution in [0.25, 0.3) is 0 Å². The summed E-state index contributed by atoms with van der Waals surface area (Å²) < 4.78 is 6.91. The van der Waals surface area contributed by atoms with Crippen molar-refractivity contribution in [2.24, 2.45) is 12.8 Å². The number of hydrogen-bond acceptors (Lipinski definition) is 4. The molecule has 1 saturated heterocycles. The topological polar surface area (TPSA) is 90.5 Å². The van der Waals surface area contributed by atoms with Crippen LogP contribution in [-0.4, -0.2) is 51.8 Å². The number of morpholine rings is 1. The predicted molar refractivity (Wildman–Crippen MR) is 62.7 cm³/mol. The zero-order valence-electron chi connectivity index (χ0n) is 10.4. The van der Waals surface area contributed by atoms with Crippen molar-refractivity contribution >= 4 is 11.8 Å². The Morgan fingerprint density at radius 1 is 1.56 bits per heavy atom. The highest BCUT2D eigenvalue weighted by atomic mass is 16.5. The van der Waals surface area contributed by atoms with E-state index in [-0.39, 0.29) is 19.1 Å². The summed E-state index contributed by atoms with van der Waals surface area (Å²) in [5, 5.41) is 4.05. The number of ether oxygens (including phenoxy) is 1. The molecule has 0 bridgehead atoms. The molecule has 0 radical (unpaired) electrons. The van der Waals surface area contributed by atoms with Crippen LogP contribution in [0.2, 0.25) is 0 Å². The van der Waals surface area contributed by atoms with Crippen LogP contribution in [0, 0.1) is 0 Å². The summed E-state index contributed by atoms with van der Waals surface area (Å²) in [5.74, 6) is -0.785. The van der Waals surface area contributed by atoms with E-state index in [9.17, 15) is 9.59 Å². The van der Waals surface area contributed by atoms with Gasteiger partial charge in [0.05, 0.1) is 13.2 Å².